The summed E-state index contributed by atoms with van der Waals surface area (Å²) in [4.78, 5) is 0. The number of aryl methyl sites for hydroxylation is 1. The standard InChI is InChI=1S/C13H18BrN3O2/c1-4-7-17-13(10(18-3)8-16-17)12(15-2)9-5-6-11(14)19-9/h5-6,8,12,15H,4,7H2,1-3H3. The van der Waals surface area contributed by atoms with Gasteiger partial charge in [0.25, 0.3) is 0 Å². The molecule has 19 heavy (non-hydrogen) atoms. The Bertz CT molecular complexity index is 536. The van der Waals surface area contributed by atoms with Crippen LogP contribution in [0.1, 0.15) is 30.8 Å². The highest BCUT2D eigenvalue weighted by atomic mass is 79.9. The first kappa shape index (κ1) is 14.1. The van der Waals surface area contributed by atoms with Gasteiger partial charge >= 0.3 is 0 Å². The molecule has 0 aliphatic carbocycles. The van der Waals surface area contributed by atoms with Crippen molar-refractivity contribution in [2.45, 2.75) is 25.9 Å². The predicted octanol–water partition coefficient (Wildman–Crippen LogP) is 2.97. The summed E-state index contributed by atoms with van der Waals surface area (Å²) in [7, 11) is 3.55. The molecule has 0 radical (unpaired) electrons. The van der Waals surface area contributed by atoms with Crippen LogP contribution in [0.5, 0.6) is 5.75 Å². The van der Waals surface area contributed by atoms with Crippen molar-refractivity contribution in [3.05, 3.63) is 34.5 Å². The smallest absolute Gasteiger partial charge is 0.169 e. The molecule has 0 amide bonds. The van der Waals surface area contributed by atoms with Crippen LogP contribution in [-0.2, 0) is 6.54 Å². The molecular weight excluding hydrogens is 310 g/mol. The molecule has 6 heteroatoms. The zero-order valence-electron chi connectivity index (χ0n) is 11.3. The number of nitrogens with zero attached hydrogens (tertiary/aromatic N) is 2. The van der Waals surface area contributed by atoms with E-state index in [2.05, 4.69) is 33.3 Å². The molecule has 104 valence electrons. The molecule has 2 aromatic rings. The molecule has 5 nitrogen and oxygen atoms in total. The first-order valence-electron chi connectivity index (χ1n) is 6.23. The van der Waals surface area contributed by atoms with Gasteiger partial charge in [-0.05, 0) is 41.5 Å². The van der Waals surface area contributed by atoms with Crippen molar-refractivity contribution in [3.8, 4) is 5.75 Å². The molecule has 0 aromatic carbocycles. The van der Waals surface area contributed by atoms with Gasteiger partial charge in [0, 0.05) is 6.54 Å². The van der Waals surface area contributed by atoms with Crippen LogP contribution in [0.2, 0.25) is 0 Å². The van der Waals surface area contributed by atoms with Crippen molar-refractivity contribution in [1.82, 2.24) is 15.1 Å². The average molecular weight is 328 g/mol. The van der Waals surface area contributed by atoms with Crippen molar-refractivity contribution >= 4 is 15.9 Å². The van der Waals surface area contributed by atoms with E-state index in [1.807, 2.05) is 23.9 Å². The summed E-state index contributed by atoms with van der Waals surface area (Å²) in [5.74, 6) is 1.59. The van der Waals surface area contributed by atoms with Crippen LogP contribution in [0.15, 0.2) is 27.4 Å². The Balaban J connectivity index is 2.44. The maximum Gasteiger partial charge on any atom is 0.169 e. The van der Waals surface area contributed by atoms with E-state index in [4.69, 9.17) is 9.15 Å². The summed E-state index contributed by atoms with van der Waals surface area (Å²) >= 11 is 3.33. The molecule has 0 aliphatic heterocycles. The van der Waals surface area contributed by atoms with Gasteiger partial charge in [-0.25, -0.2) is 0 Å². The topological polar surface area (TPSA) is 52.2 Å². The van der Waals surface area contributed by atoms with Crippen molar-refractivity contribution in [2.75, 3.05) is 14.2 Å². The molecule has 0 aliphatic rings. The van der Waals surface area contributed by atoms with Gasteiger partial charge in [-0.15, -0.1) is 0 Å². The second kappa shape index (κ2) is 6.25. The molecule has 0 saturated heterocycles. The maximum absolute atomic E-state index is 5.65. The van der Waals surface area contributed by atoms with Crippen molar-refractivity contribution in [3.63, 3.8) is 0 Å². The van der Waals surface area contributed by atoms with E-state index >= 15 is 0 Å². The number of aromatic nitrogens is 2. The summed E-state index contributed by atoms with van der Waals surface area (Å²) in [6.07, 6.45) is 2.75. The number of nitrogens with one attached hydrogen (secondary N) is 1. The SMILES string of the molecule is CCCn1ncc(OC)c1C(NC)c1ccc(Br)o1. The highest BCUT2D eigenvalue weighted by Gasteiger charge is 2.24. The van der Waals surface area contributed by atoms with E-state index in [0.717, 1.165) is 30.2 Å². The van der Waals surface area contributed by atoms with Crippen molar-refractivity contribution in [1.29, 1.82) is 0 Å². The van der Waals surface area contributed by atoms with Crippen LogP contribution in [0.4, 0.5) is 0 Å². The van der Waals surface area contributed by atoms with E-state index < -0.39 is 0 Å². The number of furan rings is 1. The van der Waals surface area contributed by atoms with Gasteiger partial charge in [0.1, 0.15) is 17.5 Å². The van der Waals surface area contributed by atoms with Gasteiger partial charge < -0.3 is 14.5 Å². The summed E-state index contributed by atoms with van der Waals surface area (Å²) in [6.45, 7) is 2.97. The van der Waals surface area contributed by atoms with Gasteiger partial charge in [-0.2, -0.15) is 5.10 Å². The van der Waals surface area contributed by atoms with Crippen molar-refractivity contribution < 1.29 is 9.15 Å². The minimum absolute atomic E-state index is 0.0877. The zero-order chi connectivity index (χ0) is 13.8. The van der Waals surface area contributed by atoms with Crippen LogP contribution >= 0.6 is 15.9 Å². The number of hydrogen-bond donors (Lipinski definition) is 1. The van der Waals surface area contributed by atoms with Gasteiger partial charge in [0.2, 0.25) is 0 Å². The van der Waals surface area contributed by atoms with Gasteiger partial charge in [0.05, 0.1) is 13.3 Å². The van der Waals surface area contributed by atoms with Crippen molar-refractivity contribution in [2.24, 2.45) is 0 Å². The minimum Gasteiger partial charge on any atom is -0.493 e. The molecular formula is C13H18BrN3O2. The minimum atomic E-state index is -0.0877. The van der Waals surface area contributed by atoms with Crippen LogP contribution in [0.3, 0.4) is 0 Å². The fourth-order valence-corrected chi connectivity index (χ4v) is 2.43. The molecule has 2 aromatic heterocycles. The Morgan fingerprint density at radius 3 is 2.84 bits per heavy atom. The molecule has 0 spiro atoms. The Hall–Kier alpha value is -1.27. The summed E-state index contributed by atoms with van der Waals surface area (Å²) in [6, 6.07) is 3.73. The van der Waals surface area contributed by atoms with Gasteiger partial charge in [-0.1, -0.05) is 6.92 Å². The highest BCUT2D eigenvalue weighted by Crippen LogP contribution is 2.31. The van der Waals surface area contributed by atoms with Crippen LogP contribution < -0.4 is 10.1 Å². The molecule has 0 bridgehead atoms. The fraction of sp³-hybridized carbons (Fsp3) is 0.462. The largest absolute Gasteiger partial charge is 0.493 e. The molecule has 1 atom stereocenters. The lowest BCUT2D eigenvalue weighted by Crippen LogP contribution is -2.21. The van der Waals surface area contributed by atoms with E-state index in [1.54, 1.807) is 13.3 Å². The molecule has 1 unspecified atom stereocenters. The predicted molar refractivity (Wildman–Crippen MR) is 76.4 cm³/mol. The fourth-order valence-electron chi connectivity index (χ4n) is 2.11. The zero-order valence-corrected chi connectivity index (χ0v) is 12.9. The van der Waals surface area contributed by atoms with Gasteiger partial charge in [-0.3, -0.25) is 4.68 Å². The molecule has 2 rings (SSSR count). The van der Waals surface area contributed by atoms with Crippen LogP contribution in [0, 0.1) is 0 Å². The van der Waals surface area contributed by atoms with Crippen LogP contribution in [0.25, 0.3) is 0 Å². The quantitative estimate of drug-likeness (QED) is 0.886. The lowest BCUT2D eigenvalue weighted by molar-refractivity contribution is 0.384. The molecule has 2 heterocycles. The summed E-state index contributed by atoms with van der Waals surface area (Å²) in [5, 5.41) is 7.63. The maximum atomic E-state index is 5.65. The average Bonchev–Trinajstić information content (AvgIpc) is 2.99. The van der Waals surface area contributed by atoms with E-state index in [0.29, 0.717) is 4.67 Å². The Kier molecular flexibility index (Phi) is 4.66. The van der Waals surface area contributed by atoms with Crippen LogP contribution in [-0.4, -0.2) is 23.9 Å². The lowest BCUT2D eigenvalue weighted by atomic mass is 10.1. The van der Waals surface area contributed by atoms with Gasteiger partial charge in [0.15, 0.2) is 10.4 Å². The number of halogens is 1. The highest BCUT2D eigenvalue weighted by molar-refractivity contribution is 9.10. The number of hydrogen-bond acceptors (Lipinski definition) is 4. The third-order valence-electron chi connectivity index (χ3n) is 2.94. The molecule has 0 saturated carbocycles. The Morgan fingerprint density at radius 2 is 2.32 bits per heavy atom. The normalized spacial score (nSPS) is 12.6. The lowest BCUT2D eigenvalue weighted by Gasteiger charge is -2.17. The van der Waals surface area contributed by atoms with E-state index in [-0.39, 0.29) is 6.04 Å². The Morgan fingerprint density at radius 1 is 1.53 bits per heavy atom. The molecule has 0 fully saturated rings. The van der Waals surface area contributed by atoms with E-state index in [1.165, 1.54) is 0 Å². The monoisotopic (exact) mass is 327 g/mol. The first-order valence-corrected chi connectivity index (χ1v) is 7.02. The Labute approximate surface area is 121 Å². The second-order valence-corrected chi connectivity index (χ2v) is 4.97. The number of ether oxygens (including phenoxy) is 1. The number of methoxy groups -OCH3 is 1. The number of rotatable bonds is 6. The second-order valence-electron chi connectivity index (χ2n) is 4.18. The molecule has 1 N–H and O–H groups in total. The third-order valence-corrected chi connectivity index (χ3v) is 3.37. The summed E-state index contributed by atoms with van der Waals surface area (Å²) < 4.78 is 13.7. The first-order chi connectivity index (χ1) is 9.21. The van der Waals surface area contributed by atoms with E-state index in [9.17, 15) is 0 Å². The summed E-state index contributed by atoms with van der Waals surface area (Å²) in [5.41, 5.74) is 0.980. The third kappa shape index (κ3) is 2.84.